The maximum Gasteiger partial charge on any atom is 0.122 e. The van der Waals surface area contributed by atoms with Crippen LogP contribution in [0, 0.1) is 19.3 Å². The summed E-state index contributed by atoms with van der Waals surface area (Å²) in [6.07, 6.45) is 2.27. The minimum Gasteiger partial charge on any atom is -0.488 e. The first kappa shape index (κ1) is 13.9. The van der Waals surface area contributed by atoms with Gasteiger partial charge in [0.25, 0.3) is 0 Å². The van der Waals surface area contributed by atoms with Gasteiger partial charge < -0.3 is 14.6 Å². The molecule has 1 aromatic heterocycles. The van der Waals surface area contributed by atoms with Crippen molar-refractivity contribution in [2.75, 3.05) is 13.1 Å². The molecule has 1 atom stereocenters. The van der Waals surface area contributed by atoms with Crippen LogP contribution in [0.5, 0.6) is 5.75 Å². The van der Waals surface area contributed by atoms with Gasteiger partial charge >= 0.3 is 0 Å². The van der Waals surface area contributed by atoms with Crippen LogP contribution in [0.25, 0.3) is 11.0 Å². The third-order valence-corrected chi connectivity index (χ3v) is 4.02. The van der Waals surface area contributed by atoms with Crippen molar-refractivity contribution in [3.63, 3.8) is 0 Å². The maximum absolute atomic E-state index is 7.76. The molecule has 1 aliphatic heterocycles. The summed E-state index contributed by atoms with van der Waals surface area (Å²) in [7, 11) is 0. The van der Waals surface area contributed by atoms with Gasteiger partial charge in [0.2, 0.25) is 0 Å². The van der Waals surface area contributed by atoms with Crippen molar-refractivity contribution < 1.29 is 4.74 Å². The number of nitrogens with zero attached hydrogens (tertiary/aromatic N) is 2. The standard InChI is InChI=1S/C16H22N4O/c1-10-7-14(8-15-16(10)19-12(3)18-15)21-13-5-4-6-20(9-13)11(2)17/h7-8,13,17H,4-6,9H2,1-3H3,(H,18,19). The monoisotopic (exact) mass is 286 g/mol. The molecule has 1 aliphatic rings. The Balaban J connectivity index is 1.79. The number of amidine groups is 1. The smallest absolute Gasteiger partial charge is 0.122 e. The molecule has 1 aromatic carbocycles. The first-order valence-electron chi connectivity index (χ1n) is 7.46. The Morgan fingerprint density at radius 2 is 2.24 bits per heavy atom. The number of fused-ring (bicyclic) bond motifs is 1. The Kier molecular flexibility index (Phi) is 3.57. The minimum atomic E-state index is 0.153. The van der Waals surface area contributed by atoms with Crippen LogP contribution in [0.1, 0.15) is 31.2 Å². The van der Waals surface area contributed by atoms with Crippen molar-refractivity contribution in [1.82, 2.24) is 14.9 Å². The van der Waals surface area contributed by atoms with Crippen LogP contribution in [-0.4, -0.2) is 39.9 Å². The molecule has 112 valence electrons. The third-order valence-electron chi connectivity index (χ3n) is 4.02. The highest BCUT2D eigenvalue weighted by molar-refractivity contribution is 5.80. The molecule has 0 saturated carbocycles. The fourth-order valence-corrected chi connectivity index (χ4v) is 2.98. The van der Waals surface area contributed by atoms with E-state index in [9.17, 15) is 0 Å². The van der Waals surface area contributed by atoms with Crippen molar-refractivity contribution in [3.8, 4) is 5.75 Å². The average molecular weight is 286 g/mol. The average Bonchev–Trinajstić information content (AvgIpc) is 2.80. The van der Waals surface area contributed by atoms with Crippen LogP contribution in [-0.2, 0) is 0 Å². The molecular weight excluding hydrogens is 264 g/mol. The maximum atomic E-state index is 7.76. The zero-order valence-electron chi connectivity index (χ0n) is 12.9. The summed E-state index contributed by atoms with van der Waals surface area (Å²) in [5, 5.41) is 7.76. The third kappa shape index (κ3) is 2.86. The van der Waals surface area contributed by atoms with E-state index in [-0.39, 0.29) is 6.10 Å². The second-order valence-electron chi connectivity index (χ2n) is 5.87. The Labute approximate surface area is 124 Å². The van der Waals surface area contributed by atoms with Gasteiger partial charge in [-0.2, -0.15) is 0 Å². The van der Waals surface area contributed by atoms with Crippen LogP contribution in [0.4, 0.5) is 0 Å². The Morgan fingerprint density at radius 1 is 1.43 bits per heavy atom. The van der Waals surface area contributed by atoms with E-state index in [0.717, 1.165) is 54.1 Å². The summed E-state index contributed by atoms with van der Waals surface area (Å²) in [5.41, 5.74) is 3.17. The highest BCUT2D eigenvalue weighted by Crippen LogP contribution is 2.25. The lowest BCUT2D eigenvalue weighted by molar-refractivity contribution is 0.124. The van der Waals surface area contributed by atoms with Crippen molar-refractivity contribution in [1.29, 1.82) is 5.41 Å². The summed E-state index contributed by atoms with van der Waals surface area (Å²) < 4.78 is 6.15. The summed E-state index contributed by atoms with van der Waals surface area (Å²) in [4.78, 5) is 9.84. The van der Waals surface area contributed by atoms with E-state index in [1.54, 1.807) is 0 Å². The second kappa shape index (κ2) is 5.39. The lowest BCUT2D eigenvalue weighted by Gasteiger charge is -2.33. The molecule has 5 heteroatoms. The number of likely N-dealkylation sites (tertiary alicyclic amines) is 1. The predicted molar refractivity (Wildman–Crippen MR) is 84.2 cm³/mol. The molecule has 1 fully saturated rings. The normalized spacial score (nSPS) is 19.0. The van der Waals surface area contributed by atoms with Gasteiger partial charge in [0.1, 0.15) is 17.7 Å². The number of aromatic amines is 1. The topological polar surface area (TPSA) is 65.0 Å². The minimum absolute atomic E-state index is 0.153. The lowest BCUT2D eigenvalue weighted by atomic mass is 10.1. The number of nitrogens with one attached hydrogen (secondary N) is 2. The van der Waals surface area contributed by atoms with Crippen molar-refractivity contribution in [2.45, 2.75) is 39.7 Å². The number of benzene rings is 1. The molecule has 1 unspecified atom stereocenters. The van der Waals surface area contributed by atoms with E-state index in [2.05, 4.69) is 27.9 Å². The van der Waals surface area contributed by atoms with Crippen LogP contribution in [0.3, 0.4) is 0 Å². The number of hydrogen-bond acceptors (Lipinski definition) is 3. The van der Waals surface area contributed by atoms with Crippen molar-refractivity contribution >= 4 is 16.9 Å². The van der Waals surface area contributed by atoms with Crippen molar-refractivity contribution in [2.24, 2.45) is 0 Å². The summed E-state index contributed by atoms with van der Waals surface area (Å²) in [5.74, 6) is 2.44. The first-order chi connectivity index (χ1) is 10.0. The van der Waals surface area contributed by atoms with E-state index in [1.165, 1.54) is 0 Å². The number of aryl methyl sites for hydroxylation is 2. The molecule has 5 nitrogen and oxygen atoms in total. The van der Waals surface area contributed by atoms with E-state index in [1.807, 2.05) is 19.9 Å². The molecule has 2 heterocycles. The molecule has 1 saturated heterocycles. The molecule has 21 heavy (non-hydrogen) atoms. The van der Waals surface area contributed by atoms with Gasteiger partial charge in [-0.15, -0.1) is 0 Å². The fourth-order valence-electron chi connectivity index (χ4n) is 2.98. The number of piperidine rings is 1. The van der Waals surface area contributed by atoms with Crippen LogP contribution in [0.2, 0.25) is 0 Å². The zero-order valence-corrected chi connectivity index (χ0v) is 12.9. The highest BCUT2D eigenvalue weighted by atomic mass is 16.5. The number of aromatic nitrogens is 2. The second-order valence-corrected chi connectivity index (χ2v) is 5.87. The molecule has 0 amide bonds. The summed E-state index contributed by atoms with van der Waals surface area (Å²) >= 11 is 0. The summed E-state index contributed by atoms with van der Waals surface area (Å²) in [6.45, 7) is 7.63. The highest BCUT2D eigenvalue weighted by Gasteiger charge is 2.22. The van der Waals surface area contributed by atoms with E-state index in [4.69, 9.17) is 10.1 Å². The SMILES string of the molecule is CC(=N)N1CCCC(Oc2cc(C)c3nc(C)[nH]c3c2)C1. The first-order valence-corrected chi connectivity index (χ1v) is 7.46. The predicted octanol–water partition coefficient (Wildman–Crippen LogP) is 3.02. The number of rotatable bonds is 2. The Morgan fingerprint density at radius 3 is 3.00 bits per heavy atom. The van der Waals surface area contributed by atoms with Gasteiger partial charge in [0, 0.05) is 12.6 Å². The molecule has 0 bridgehead atoms. The largest absolute Gasteiger partial charge is 0.488 e. The van der Waals surface area contributed by atoms with Gasteiger partial charge in [-0.1, -0.05) is 0 Å². The van der Waals surface area contributed by atoms with Gasteiger partial charge in [-0.3, -0.25) is 5.41 Å². The van der Waals surface area contributed by atoms with Crippen LogP contribution >= 0.6 is 0 Å². The zero-order chi connectivity index (χ0) is 15.0. The quantitative estimate of drug-likeness (QED) is 0.659. The Bertz CT molecular complexity index is 676. The molecule has 0 aliphatic carbocycles. The fraction of sp³-hybridized carbons (Fsp3) is 0.500. The van der Waals surface area contributed by atoms with E-state index in [0.29, 0.717) is 5.84 Å². The van der Waals surface area contributed by atoms with E-state index < -0.39 is 0 Å². The van der Waals surface area contributed by atoms with Crippen LogP contribution < -0.4 is 4.74 Å². The van der Waals surface area contributed by atoms with Gasteiger partial charge in [-0.25, -0.2) is 4.98 Å². The molecular formula is C16H22N4O. The van der Waals surface area contributed by atoms with Gasteiger partial charge in [-0.05, 0) is 45.2 Å². The number of H-pyrrole nitrogens is 1. The number of imidazole rings is 1. The van der Waals surface area contributed by atoms with Crippen molar-refractivity contribution in [3.05, 3.63) is 23.5 Å². The Hall–Kier alpha value is -2.04. The van der Waals surface area contributed by atoms with E-state index >= 15 is 0 Å². The van der Waals surface area contributed by atoms with Gasteiger partial charge in [0.05, 0.1) is 23.4 Å². The summed E-state index contributed by atoms with van der Waals surface area (Å²) in [6, 6.07) is 4.08. The molecule has 0 spiro atoms. The number of ether oxygens (including phenoxy) is 1. The lowest BCUT2D eigenvalue weighted by Crippen LogP contribution is -2.43. The van der Waals surface area contributed by atoms with Gasteiger partial charge in [0.15, 0.2) is 0 Å². The number of hydrogen-bond donors (Lipinski definition) is 2. The molecule has 2 aromatic rings. The molecule has 3 rings (SSSR count). The molecule has 2 N–H and O–H groups in total. The van der Waals surface area contributed by atoms with Crippen LogP contribution in [0.15, 0.2) is 12.1 Å². The molecule has 0 radical (unpaired) electrons.